The second-order valence-corrected chi connectivity index (χ2v) is 9.45. The third kappa shape index (κ3) is 5.98. The number of hydrogen-bond acceptors (Lipinski definition) is 4. The summed E-state index contributed by atoms with van der Waals surface area (Å²) >= 11 is 12.2. The minimum absolute atomic E-state index is 0.159. The molecule has 9 heteroatoms. The standard InChI is InChI=1S/C21H30Cl2N2O4S/c1-4-5-8-20-19(14-26)21(24(15(2)27)9-6-7-10-29-3)25(20)30(28)18-12-16(22)11-17(23)13-18/h11-13,20,26H,4-10,14H2,1-3H3. The van der Waals surface area contributed by atoms with Gasteiger partial charge in [0.05, 0.1) is 17.5 Å². The molecule has 1 aromatic rings. The van der Waals surface area contributed by atoms with Crippen molar-refractivity contribution < 1.29 is 18.8 Å². The maximum Gasteiger partial charge on any atom is 0.224 e. The Labute approximate surface area is 191 Å². The third-order valence-electron chi connectivity index (χ3n) is 5.02. The number of amides is 1. The number of methoxy groups -OCH3 is 1. The first kappa shape index (κ1) is 25.1. The maximum atomic E-state index is 13.5. The summed E-state index contributed by atoms with van der Waals surface area (Å²) in [6.07, 6.45) is 4.17. The molecule has 2 unspecified atom stereocenters. The van der Waals surface area contributed by atoms with Crippen molar-refractivity contribution in [3.63, 3.8) is 0 Å². The zero-order chi connectivity index (χ0) is 22.3. The van der Waals surface area contributed by atoms with Crippen LogP contribution in [-0.4, -0.2) is 57.3 Å². The van der Waals surface area contributed by atoms with Gasteiger partial charge in [0.1, 0.15) is 5.82 Å². The lowest BCUT2D eigenvalue weighted by Gasteiger charge is -2.48. The monoisotopic (exact) mass is 476 g/mol. The molecule has 0 aliphatic carbocycles. The van der Waals surface area contributed by atoms with E-state index < -0.39 is 11.0 Å². The molecule has 168 valence electrons. The molecule has 1 N–H and O–H groups in total. The molecule has 1 heterocycles. The predicted octanol–water partition coefficient (Wildman–Crippen LogP) is 4.37. The van der Waals surface area contributed by atoms with E-state index in [4.69, 9.17) is 27.9 Å². The molecule has 0 aromatic heterocycles. The molecule has 30 heavy (non-hydrogen) atoms. The lowest BCUT2D eigenvalue weighted by Crippen LogP contribution is -2.55. The van der Waals surface area contributed by atoms with Gasteiger partial charge in [0.2, 0.25) is 5.91 Å². The van der Waals surface area contributed by atoms with Crippen LogP contribution in [0.25, 0.3) is 0 Å². The highest BCUT2D eigenvalue weighted by Crippen LogP contribution is 2.40. The molecule has 1 aliphatic rings. The Morgan fingerprint density at radius 1 is 1.23 bits per heavy atom. The lowest BCUT2D eigenvalue weighted by atomic mass is 9.94. The minimum Gasteiger partial charge on any atom is -0.392 e. The molecule has 0 spiro atoms. The van der Waals surface area contributed by atoms with Gasteiger partial charge in [0, 0.05) is 42.8 Å². The van der Waals surface area contributed by atoms with Crippen molar-refractivity contribution in [1.29, 1.82) is 0 Å². The van der Waals surface area contributed by atoms with Crippen LogP contribution in [0.2, 0.25) is 10.0 Å². The third-order valence-corrected chi connectivity index (χ3v) is 6.88. The van der Waals surface area contributed by atoms with Crippen molar-refractivity contribution in [2.75, 3.05) is 26.9 Å². The Bertz CT molecular complexity index is 783. The number of rotatable bonds is 12. The summed E-state index contributed by atoms with van der Waals surface area (Å²) in [5.41, 5.74) is 0.742. The van der Waals surface area contributed by atoms with Crippen LogP contribution in [0.4, 0.5) is 0 Å². The highest BCUT2D eigenvalue weighted by molar-refractivity contribution is 7.83. The van der Waals surface area contributed by atoms with Crippen LogP contribution in [0.5, 0.6) is 0 Å². The molecule has 0 fully saturated rings. The Morgan fingerprint density at radius 3 is 2.43 bits per heavy atom. The van der Waals surface area contributed by atoms with E-state index in [0.29, 0.717) is 33.9 Å². The average molecular weight is 477 g/mol. The molecule has 2 atom stereocenters. The number of unbranched alkanes of at least 4 members (excludes halogenated alkanes) is 2. The molecular weight excluding hydrogens is 447 g/mol. The van der Waals surface area contributed by atoms with Gasteiger partial charge in [-0.15, -0.1) is 0 Å². The Morgan fingerprint density at radius 2 is 1.90 bits per heavy atom. The van der Waals surface area contributed by atoms with Crippen LogP contribution in [0.1, 0.15) is 46.0 Å². The number of benzene rings is 1. The molecule has 0 saturated carbocycles. The van der Waals surface area contributed by atoms with E-state index in [9.17, 15) is 14.1 Å². The lowest BCUT2D eigenvalue weighted by molar-refractivity contribution is -0.128. The highest BCUT2D eigenvalue weighted by atomic mass is 35.5. The van der Waals surface area contributed by atoms with Gasteiger partial charge in [-0.3, -0.25) is 14.0 Å². The molecule has 1 aromatic carbocycles. The summed E-state index contributed by atoms with van der Waals surface area (Å²) in [5, 5.41) is 10.8. The Balaban J connectivity index is 2.40. The summed E-state index contributed by atoms with van der Waals surface area (Å²) < 4.78 is 20.3. The van der Waals surface area contributed by atoms with Crippen LogP contribution in [0.3, 0.4) is 0 Å². The van der Waals surface area contributed by atoms with Gasteiger partial charge in [-0.25, -0.2) is 4.21 Å². The molecule has 1 aliphatic heterocycles. The Hall–Kier alpha value is -1.12. The zero-order valence-corrected chi connectivity index (χ0v) is 20.0. The van der Waals surface area contributed by atoms with Crippen LogP contribution < -0.4 is 0 Å². The number of hydrogen-bond donors (Lipinski definition) is 1. The number of carbonyl (C=O) groups is 1. The summed E-state index contributed by atoms with van der Waals surface area (Å²) in [4.78, 5) is 14.5. The smallest absolute Gasteiger partial charge is 0.224 e. The van der Waals surface area contributed by atoms with Crippen molar-refractivity contribution in [1.82, 2.24) is 9.21 Å². The fraction of sp³-hybridized carbons (Fsp3) is 0.571. The number of nitrogens with zero attached hydrogens (tertiary/aromatic N) is 2. The van der Waals surface area contributed by atoms with Gasteiger partial charge < -0.3 is 9.84 Å². The molecule has 6 nitrogen and oxygen atoms in total. The maximum absolute atomic E-state index is 13.5. The van der Waals surface area contributed by atoms with Gasteiger partial charge in [-0.2, -0.15) is 0 Å². The van der Waals surface area contributed by atoms with E-state index in [1.165, 1.54) is 6.92 Å². The van der Waals surface area contributed by atoms with Crippen LogP contribution in [-0.2, 0) is 20.5 Å². The number of halogens is 2. The summed E-state index contributed by atoms with van der Waals surface area (Å²) in [6, 6.07) is 4.61. The van der Waals surface area contributed by atoms with Gasteiger partial charge in [-0.05, 0) is 37.5 Å². The number of carbonyl (C=O) groups excluding carboxylic acids is 1. The van der Waals surface area contributed by atoms with Crippen LogP contribution in [0.15, 0.2) is 34.5 Å². The summed E-state index contributed by atoms with van der Waals surface area (Å²) in [6.45, 7) is 4.44. The Kier molecular flexibility index (Phi) is 10.1. The van der Waals surface area contributed by atoms with E-state index in [1.807, 2.05) is 0 Å². The average Bonchev–Trinajstić information content (AvgIpc) is 2.68. The van der Waals surface area contributed by atoms with E-state index in [2.05, 4.69) is 6.92 Å². The molecule has 1 amide bonds. The van der Waals surface area contributed by atoms with Crippen molar-refractivity contribution in [3.8, 4) is 0 Å². The number of aliphatic hydroxyl groups excluding tert-OH is 1. The van der Waals surface area contributed by atoms with Crippen molar-refractivity contribution in [2.24, 2.45) is 0 Å². The van der Waals surface area contributed by atoms with Crippen molar-refractivity contribution in [2.45, 2.75) is 56.9 Å². The van der Waals surface area contributed by atoms with Gasteiger partial charge in [0.15, 0.2) is 11.0 Å². The largest absolute Gasteiger partial charge is 0.392 e. The first-order valence-electron chi connectivity index (χ1n) is 10.1. The fourth-order valence-corrected chi connectivity index (χ4v) is 5.71. The van der Waals surface area contributed by atoms with E-state index in [-0.39, 0.29) is 18.6 Å². The first-order valence-corrected chi connectivity index (χ1v) is 12.0. The van der Waals surface area contributed by atoms with Gasteiger partial charge in [-0.1, -0.05) is 43.0 Å². The molecule has 0 saturated heterocycles. The quantitative estimate of drug-likeness (QED) is 0.454. The zero-order valence-electron chi connectivity index (χ0n) is 17.7. The second-order valence-electron chi connectivity index (χ2n) is 7.22. The van der Waals surface area contributed by atoms with Gasteiger partial charge in [0.25, 0.3) is 0 Å². The molecule has 0 radical (unpaired) electrons. The summed E-state index contributed by atoms with van der Waals surface area (Å²) in [7, 11) is 0.0223. The van der Waals surface area contributed by atoms with Crippen molar-refractivity contribution >= 4 is 40.1 Å². The first-order chi connectivity index (χ1) is 14.3. The molecular formula is C21H30Cl2N2O4S. The van der Waals surface area contributed by atoms with E-state index in [0.717, 1.165) is 37.7 Å². The number of ether oxygens (including phenoxy) is 1. The van der Waals surface area contributed by atoms with Crippen LogP contribution >= 0.6 is 23.2 Å². The van der Waals surface area contributed by atoms with Gasteiger partial charge >= 0.3 is 0 Å². The van der Waals surface area contributed by atoms with E-state index in [1.54, 1.807) is 34.5 Å². The summed E-state index contributed by atoms with van der Waals surface area (Å²) in [5.74, 6) is 0.367. The number of aliphatic hydroxyl groups is 1. The van der Waals surface area contributed by atoms with Crippen LogP contribution in [0, 0.1) is 0 Å². The second kappa shape index (κ2) is 12.1. The topological polar surface area (TPSA) is 70.1 Å². The highest BCUT2D eigenvalue weighted by Gasteiger charge is 2.44. The van der Waals surface area contributed by atoms with Crippen molar-refractivity contribution in [3.05, 3.63) is 39.6 Å². The molecule has 0 bridgehead atoms. The fourth-order valence-electron chi connectivity index (χ4n) is 3.54. The minimum atomic E-state index is -1.62. The SMILES string of the molecule is CCCCC1C(CO)=C(N(CCCCOC)C(C)=O)N1S(=O)c1cc(Cl)cc(Cl)c1. The molecule has 2 rings (SSSR count). The predicted molar refractivity (Wildman–Crippen MR) is 121 cm³/mol. The van der Waals surface area contributed by atoms with E-state index >= 15 is 0 Å². The normalized spacial score (nSPS) is 17.1.